The third-order valence-corrected chi connectivity index (χ3v) is 5.61. The van der Waals surface area contributed by atoms with Gasteiger partial charge >= 0.3 is 0 Å². The lowest BCUT2D eigenvalue weighted by molar-refractivity contribution is 0.518. The predicted octanol–water partition coefficient (Wildman–Crippen LogP) is 4.49. The number of hydrogen-bond acceptors (Lipinski definition) is 3. The molecule has 0 saturated carbocycles. The van der Waals surface area contributed by atoms with E-state index in [2.05, 4.69) is 39.3 Å². The molecule has 2 heterocycles. The molecule has 0 saturated heterocycles. The molecule has 2 rings (SSSR count). The average molecular weight is 377 g/mol. The van der Waals surface area contributed by atoms with Crippen LogP contribution >= 0.6 is 38.9 Å². The summed E-state index contributed by atoms with van der Waals surface area (Å²) in [5.41, 5.74) is 2.24. The second-order valence-corrected chi connectivity index (χ2v) is 7.36. The summed E-state index contributed by atoms with van der Waals surface area (Å²) in [6.07, 6.45) is 2.01. The Labute approximate surface area is 137 Å². The number of rotatable bonds is 6. The Morgan fingerprint density at radius 1 is 1.50 bits per heavy atom. The molecule has 1 N–H and O–H groups in total. The number of hydrogen-bond donors (Lipinski definition) is 1. The molecule has 0 radical (unpaired) electrons. The highest BCUT2D eigenvalue weighted by molar-refractivity contribution is 9.10. The summed E-state index contributed by atoms with van der Waals surface area (Å²) < 4.78 is 3.89. The van der Waals surface area contributed by atoms with Crippen LogP contribution in [0.3, 0.4) is 0 Å². The van der Waals surface area contributed by atoms with E-state index in [1.165, 1.54) is 10.6 Å². The molecule has 0 aromatic carbocycles. The maximum absolute atomic E-state index is 6.07. The van der Waals surface area contributed by atoms with Gasteiger partial charge in [-0.2, -0.15) is 5.10 Å². The fourth-order valence-corrected chi connectivity index (χ4v) is 3.84. The molecule has 6 heteroatoms. The lowest BCUT2D eigenvalue weighted by Gasteiger charge is -2.17. The van der Waals surface area contributed by atoms with Gasteiger partial charge in [-0.1, -0.05) is 18.5 Å². The van der Waals surface area contributed by atoms with Gasteiger partial charge in [-0.05, 0) is 48.0 Å². The quantitative estimate of drug-likeness (QED) is 0.805. The highest BCUT2D eigenvalue weighted by atomic mass is 79.9. The zero-order valence-electron chi connectivity index (χ0n) is 11.9. The van der Waals surface area contributed by atoms with Gasteiger partial charge < -0.3 is 5.32 Å². The molecule has 0 amide bonds. The van der Waals surface area contributed by atoms with E-state index in [0.29, 0.717) is 0 Å². The predicted molar refractivity (Wildman–Crippen MR) is 89.7 cm³/mol. The topological polar surface area (TPSA) is 29.9 Å². The van der Waals surface area contributed by atoms with Gasteiger partial charge in [0.1, 0.15) is 0 Å². The van der Waals surface area contributed by atoms with Crippen LogP contribution in [0.5, 0.6) is 0 Å². The molecular formula is C14H19BrClN3S. The molecule has 1 atom stereocenters. The molecule has 0 spiro atoms. The van der Waals surface area contributed by atoms with Gasteiger partial charge in [0, 0.05) is 24.4 Å². The summed E-state index contributed by atoms with van der Waals surface area (Å²) in [5, 5.41) is 8.06. The monoisotopic (exact) mass is 375 g/mol. The Morgan fingerprint density at radius 2 is 2.25 bits per heavy atom. The molecule has 2 aromatic rings. The summed E-state index contributed by atoms with van der Waals surface area (Å²) in [6.45, 7) is 5.19. The molecule has 0 bridgehead atoms. The van der Waals surface area contributed by atoms with Gasteiger partial charge in [0.05, 0.1) is 20.2 Å². The van der Waals surface area contributed by atoms with Crippen molar-refractivity contribution in [1.82, 2.24) is 15.1 Å². The van der Waals surface area contributed by atoms with Crippen LogP contribution in [0.15, 0.2) is 16.6 Å². The van der Waals surface area contributed by atoms with Crippen molar-refractivity contribution >= 4 is 38.9 Å². The highest BCUT2D eigenvalue weighted by Crippen LogP contribution is 2.31. The van der Waals surface area contributed by atoms with E-state index in [0.717, 1.165) is 33.9 Å². The van der Waals surface area contributed by atoms with Crippen LogP contribution in [0, 0.1) is 6.92 Å². The average Bonchev–Trinajstić information content (AvgIpc) is 2.93. The second-order valence-electron chi connectivity index (χ2n) is 4.82. The Kier molecular flexibility index (Phi) is 5.66. The van der Waals surface area contributed by atoms with Crippen LogP contribution in [0.1, 0.15) is 35.7 Å². The molecule has 0 aliphatic heterocycles. The molecular weight excluding hydrogens is 358 g/mol. The van der Waals surface area contributed by atoms with Crippen molar-refractivity contribution in [2.24, 2.45) is 7.05 Å². The number of aromatic nitrogens is 2. The molecule has 0 aliphatic rings. The lowest BCUT2D eigenvalue weighted by atomic mass is 10.1. The van der Waals surface area contributed by atoms with Gasteiger partial charge in [-0.25, -0.2) is 0 Å². The standard InChI is InChI=1S/C14H19BrClN3S/c1-4-7-17-10(12-5-6-13(16)20-12)8-11-14(15)9(2)18-19(11)3/h5-6,10,17H,4,7-8H2,1-3H3. The normalized spacial score (nSPS) is 12.8. The number of nitrogens with one attached hydrogen (secondary N) is 1. The third-order valence-electron chi connectivity index (χ3n) is 3.24. The van der Waals surface area contributed by atoms with Crippen LogP contribution in [0.2, 0.25) is 4.34 Å². The first kappa shape index (κ1) is 16.0. The lowest BCUT2D eigenvalue weighted by Crippen LogP contribution is -2.24. The van der Waals surface area contributed by atoms with Crippen molar-refractivity contribution in [2.75, 3.05) is 6.54 Å². The summed E-state index contributed by atoms with van der Waals surface area (Å²) >= 11 is 11.4. The Balaban J connectivity index is 2.23. The van der Waals surface area contributed by atoms with Crippen LogP contribution in [0.25, 0.3) is 0 Å². The number of halogens is 2. The van der Waals surface area contributed by atoms with Crippen molar-refractivity contribution in [3.63, 3.8) is 0 Å². The zero-order valence-corrected chi connectivity index (χ0v) is 15.1. The van der Waals surface area contributed by atoms with Crippen molar-refractivity contribution < 1.29 is 0 Å². The minimum atomic E-state index is 0.276. The Bertz CT molecular complexity index is 579. The van der Waals surface area contributed by atoms with Gasteiger partial charge in [-0.3, -0.25) is 4.68 Å². The van der Waals surface area contributed by atoms with E-state index in [4.69, 9.17) is 11.6 Å². The summed E-state index contributed by atoms with van der Waals surface area (Å²) in [6, 6.07) is 4.35. The zero-order chi connectivity index (χ0) is 14.7. The van der Waals surface area contributed by atoms with Crippen LogP contribution in [-0.2, 0) is 13.5 Å². The molecule has 20 heavy (non-hydrogen) atoms. The van der Waals surface area contributed by atoms with E-state index < -0.39 is 0 Å². The number of nitrogens with zero attached hydrogens (tertiary/aromatic N) is 2. The van der Waals surface area contributed by atoms with E-state index in [-0.39, 0.29) is 6.04 Å². The van der Waals surface area contributed by atoms with Crippen LogP contribution in [0.4, 0.5) is 0 Å². The summed E-state index contributed by atoms with van der Waals surface area (Å²) in [7, 11) is 1.99. The molecule has 0 aliphatic carbocycles. The minimum absolute atomic E-state index is 0.276. The largest absolute Gasteiger partial charge is 0.309 e. The highest BCUT2D eigenvalue weighted by Gasteiger charge is 2.19. The van der Waals surface area contributed by atoms with Crippen molar-refractivity contribution in [1.29, 1.82) is 0 Å². The van der Waals surface area contributed by atoms with Gasteiger partial charge in [0.2, 0.25) is 0 Å². The molecule has 1 unspecified atom stereocenters. The first-order valence-electron chi connectivity index (χ1n) is 6.69. The van der Waals surface area contributed by atoms with Crippen molar-refractivity contribution in [3.05, 3.63) is 37.2 Å². The Hall–Kier alpha value is -0.360. The maximum atomic E-state index is 6.07. The van der Waals surface area contributed by atoms with E-state index in [1.807, 2.05) is 24.7 Å². The maximum Gasteiger partial charge on any atom is 0.0931 e. The fourth-order valence-electron chi connectivity index (χ4n) is 2.20. The minimum Gasteiger partial charge on any atom is -0.309 e. The smallest absolute Gasteiger partial charge is 0.0931 e. The summed E-state index contributed by atoms with van der Waals surface area (Å²) in [5.74, 6) is 0. The molecule has 3 nitrogen and oxygen atoms in total. The third kappa shape index (κ3) is 3.64. The van der Waals surface area contributed by atoms with Crippen molar-refractivity contribution in [3.8, 4) is 0 Å². The van der Waals surface area contributed by atoms with Gasteiger partial charge in [-0.15, -0.1) is 11.3 Å². The SMILES string of the molecule is CCCNC(Cc1c(Br)c(C)nn1C)c1ccc(Cl)s1. The van der Waals surface area contributed by atoms with Gasteiger partial charge in [0.25, 0.3) is 0 Å². The number of thiophene rings is 1. The first-order chi connectivity index (χ1) is 9.52. The number of aryl methyl sites for hydroxylation is 2. The van der Waals surface area contributed by atoms with Crippen LogP contribution < -0.4 is 5.32 Å². The van der Waals surface area contributed by atoms with E-state index in [9.17, 15) is 0 Å². The summed E-state index contributed by atoms with van der Waals surface area (Å²) in [4.78, 5) is 1.27. The fraction of sp³-hybridized carbons (Fsp3) is 0.500. The molecule has 110 valence electrons. The van der Waals surface area contributed by atoms with E-state index in [1.54, 1.807) is 11.3 Å². The van der Waals surface area contributed by atoms with Crippen molar-refractivity contribution in [2.45, 2.75) is 32.7 Å². The van der Waals surface area contributed by atoms with Gasteiger partial charge in [0.15, 0.2) is 0 Å². The van der Waals surface area contributed by atoms with E-state index >= 15 is 0 Å². The second kappa shape index (κ2) is 7.07. The molecule has 2 aromatic heterocycles. The Morgan fingerprint density at radius 3 is 2.75 bits per heavy atom. The first-order valence-corrected chi connectivity index (χ1v) is 8.68. The van der Waals surface area contributed by atoms with Crippen LogP contribution in [-0.4, -0.2) is 16.3 Å². The molecule has 0 fully saturated rings.